The molecule has 2 aromatic carbocycles. The Morgan fingerprint density at radius 1 is 1.04 bits per heavy atom. The van der Waals surface area contributed by atoms with Crippen molar-refractivity contribution in [2.24, 2.45) is 0 Å². The summed E-state index contributed by atoms with van der Waals surface area (Å²) in [6.45, 7) is 0. The van der Waals surface area contributed by atoms with E-state index in [2.05, 4.69) is 25.6 Å². The first-order chi connectivity index (χ1) is 11.7. The summed E-state index contributed by atoms with van der Waals surface area (Å²) in [6.07, 6.45) is -3.14. The fraction of sp³-hybridized carbons (Fsp3) is 0.0625. The average Bonchev–Trinajstić information content (AvgIpc) is 2.55. The molecule has 4 nitrogen and oxygen atoms in total. The van der Waals surface area contributed by atoms with Crippen molar-refractivity contribution in [3.05, 3.63) is 64.8 Å². The summed E-state index contributed by atoms with van der Waals surface area (Å²) in [5.74, 6) is 0. The zero-order chi connectivity index (χ0) is 18.2. The van der Waals surface area contributed by atoms with Crippen LogP contribution in [0, 0.1) is 0 Å². The number of sulfonamides is 1. The van der Waals surface area contributed by atoms with Gasteiger partial charge in [0.1, 0.15) is 4.90 Å². The van der Waals surface area contributed by atoms with Crippen LogP contribution in [0.2, 0.25) is 0 Å². The van der Waals surface area contributed by atoms with E-state index in [-0.39, 0.29) is 20.6 Å². The van der Waals surface area contributed by atoms with Crippen LogP contribution in [0.4, 0.5) is 18.9 Å². The lowest BCUT2D eigenvalue weighted by Crippen LogP contribution is -2.15. The quantitative estimate of drug-likeness (QED) is 0.647. The minimum absolute atomic E-state index is 0.116. The molecule has 0 saturated heterocycles. The normalized spacial score (nSPS) is 12.3. The average molecular weight is 431 g/mol. The number of para-hydroxylation sites is 1. The highest BCUT2D eigenvalue weighted by Gasteiger charge is 2.31. The first kappa shape index (κ1) is 17.7. The van der Waals surface area contributed by atoms with Gasteiger partial charge in [-0.25, -0.2) is 8.42 Å². The molecule has 0 aliphatic heterocycles. The third-order valence-electron chi connectivity index (χ3n) is 3.42. The van der Waals surface area contributed by atoms with Crippen LogP contribution in [0.3, 0.4) is 0 Å². The molecule has 3 rings (SSSR count). The fourth-order valence-corrected chi connectivity index (χ4v) is 4.00. The standard InChI is InChI=1S/C16H10BrF3N2O2S/c17-12-7-6-11(16(18,19)20)9-13(12)22-25(23,24)14-5-1-3-10-4-2-8-21-15(10)14/h1-9,22H. The van der Waals surface area contributed by atoms with Crippen molar-refractivity contribution >= 4 is 42.5 Å². The van der Waals surface area contributed by atoms with Crippen LogP contribution in [0.15, 0.2) is 64.1 Å². The smallest absolute Gasteiger partial charge is 0.278 e. The number of benzene rings is 2. The van der Waals surface area contributed by atoms with Gasteiger partial charge in [0.15, 0.2) is 0 Å². The second kappa shape index (κ2) is 6.30. The lowest BCUT2D eigenvalue weighted by Gasteiger charge is -2.14. The number of halogens is 4. The van der Waals surface area contributed by atoms with E-state index >= 15 is 0 Å². The molecule has 0 amide bonds. The maximum Gasteiger partial charge on any atom is 0.416 e. The number of hydrogen-bond acceptors (Lipinski definition) is 3. The molecule has 0 bridgehead atoms. The van der Waals surface area contributed by atoms with E-state index in [9.17, 15) is 21.6 Å². The third-order valence-corrected chi connectivity index (χ3v) is 5.51. The van der Waals surface area contributed by atoms with Crippen molar-refractivity contribution in [2.75, 3.05) is 4.72 Å². The Bertz CT molecular complexity index is 1050. The van der Waals surface area contributed by atoms with Crippen molar-refractivity contribution in [2.45, 2.75) is 11.1 Å². The van der Waals surface area contributed by atoms with Crippen molar-refractivity contribution in [1.29, 1.82) is 0 Å². The SMILES string of the molecule is O=S(=O)(Nc1cc(C(F)(F)F)ccc1Br)c1cccc2cccnc12. The topological polar surface area (TPSA) is 59.1 Å². The number of nitrogens with one attached hydrogen (secondary N) is 1. The second-order valence-corrected chi connectivity index (χ2v) is 7.63. The molecule has 0 radical (unpaired) electrons. The van der Waals surface area contributed by atoms with Gasteiger partial charge in [-0.3, -0.25) is 9.71 Å². The zero-order valence-corrected chi connectivity index (χ0v) is 14.8. The van der Waals surface area contributed by atoms with Gasteiger partial charge in [-0.15, -0.1) is 0 Å². The highest BCUT2D eigenvalue weighted by molar-refractivity contribution is 9.10. The Labute approximate surface area is 149 Å². The Kier molecular flexibility index (Phi) is 4.46. The number of nitrogens with zero attached hydrogens (tertiary/aromatic N) is 1. The van der Waals surface area contributed by atoms with Gasteiger partial charge in [-0.1, -0.05) is 18.2 Å². The minimum Gasteiger partial charge on any atom is -0.278 e. The first-order valence-corrected chi connectivity index (χ1v) is 9.19. The van der Waals surface area contributed by atoms with E-state index in [0.29, 0.717) is 5.39 Å². The molecular formula is C16H10BrF3N2O2S. The van der Waals surface area contributed by atoms with E-state index in [4.69, 9.17) is 0 Å². The van der Waals surface area contributed by atoms with Crippen molar-refractivity contribution in [1.82, 2.24) is 4.98 Å². The van der Waals surface area contributed by atoms with Crippen LogP contribution in [-0.4, -0.2) is 13.4 Å². The number of anilines is 1. The number of pyridine rings is 1. The van der Waals surface area contributed by atoms with Gasteiger partial charge >= 0.3 is 6.18 Å². The second-order valence-electron chi connectivity index (χ2n) is 5.13. The summed E-state index contributed by atoms with van der Waals surface area (Å²) in [5.41, 5.74) is -0.923. The van der Waals surface area contributed by atoms with E-state index in [1.54, 1.807) is 24.3 Å². The molecule has 0 fully saturated rings. The summed E-state index contributed by atoms with van der Waals surface area (Å²) in [7, 11) is -4.13. The molecule has 0 spiro atoms. The molecule has 9 heteroatoms. The Balaban J connectivity index is 2.08. The highest BCUT2D eigenvalue weighted by atomic mass is 79.9. The number of hydrogen-bond donors (Lipinski definition) is 1. The van der Waals surface area contributed by atoms with Gasteiger partial charge < -0.3 is 0 Å². The molecule has 25 heavy (non-hydrogen) atoms. The molecule has 0 saturated carbocycles. The fourth-order valence-electron chi connectivity index (χ4n) is 2.27. The summed E-state index contributed by atoms with van der Waals surface area (Å²) < 4.78 is 66.3. The van der Waals surface area contributed by atoms with Crippen LogP contribution >= 0.6 is 15.9 Å². The van der Waals surface area contributed by atoms with Crippen LogP contribution in [0.5, 0.6) is 0 Å². The zero-order valence-electron chi connectivity index (χ0n) is 12.4. The number of fused-ring (bicyclic) bond motifs is 1. The molecule has 1 aromatic heterocycles. The predicted octanol–water partition coefficient (Wildman–Crippen LogP) is 4.82. The lowest BCUT2D eigenvalue weighted by atomic mass is 10.2. The third kappa shape index (κ3) is 3.62. The molecular weight excluding hydrogens is 421 g/mol. The number of alkyl halides is 3. The molecule has 130 valence electrons. The van der Waals surface area contributed by atoms with Crippen molar-refractivity contribution in [3.8, 4) is 0 Å². The van der Waals surface area contributed by atoms with Crippen molar-refractivity contribution < 1.29 is 21.6 Å². The molecule has 0 atom stereocenters. The lowest BCUT2D eigenvalue weighted by molar-refractivity contribution is -0.137. The summed E-state index contributed by atoms with van der Waals surface area (Å²) in [4.78, 5) is 3.94. The van der Waals surface area contributed by atoms with Gasteiger partial charge in [0.05, 0.1) is 16.8 Å². The molecule has 1 N–H and O–H groups in total. The van der Waals surface area contributed by atoms with Gasteiger partial charge in [0.25, 0.3) is 10.0 Å². The first-order valence-electron chi connectivity index (χ1n) is 6.92. The Hall–Kier alpha value is -2.13. The number of aromatic nitrogens is 1. The number of rotatable bonds is 3. The maximum atomic E-state index is 12.9. The maximum absolute atomic E-state index is 12.9. The Morgan fingerprint density at radius 2 is 1.76 bits per heavy atom. The molecule has 3 aromatic rings. The largest absolute Gasteiger partial charge is 0.416 e. The highest BCUT2D eigenvalue weighted by Crippen LogP contribution is 2.35. The monoisotopic (exact) mass is 430 g/mol. The van der Waals surface area contributed by atoms with E-state index in [0.717, 1.165) is 18.2 Å². The Morgan fingerprint density at radius 3 is 2.48 bits per heavy atom. The van der Waals surface area contributed by atoms with Gasteiger partial charge in [-0.2, -0.15) is 13.2 Å². The molecule has 1 heterocycles. The van der Waals surface area contributed by atoms with E-state index < -0.39 is 21.8 Å². The molecule has 0 unspecified atom stereocenters. The van der Waals surface area contributed by atoms with Crippen LogP contribution in [0.25, 0.3) is 10.9 Å². The van der Waals surface area contributed by atoms with Crippen LogP contribution in [-0.2, 0) is 16.2 Å². The van der Waals surface area contributed by atoms with Crippen molar-refractivity contribution in [3.63, 3.8) is 0 Å². The van der Waals surface area contributed by atoms with Crippen LogP contribution < -0.4 is 4.72 Å². The van der Waals surface area contributed by atoms with E-state index in [1.165, 1.54) is 12.3 Å². The van der Waals surface area contributed by atoms with Gasteiger partial charge in [0.2, 0.25) is 0 Å². The predicted molar refractivity (Wildman–Crippen MR) is 91.7 cm³/mol. The summed E-state index contributed by atoms with van der Waals surface area (Å²) >= 11 is 3.06. The summed E-state index contributed by atoms with van der Waals surface area (Å²) in [6, 6.07) is 10.7. The molecule has 0 aliphatic carbocycles. The van der Waals surface area contributed by atoms with E-state index in [1.807, 2.05) is 0 Å². The van der Waals surface area contributed by atoms with Gasteiger partial charge in [-0.05, 0) is 46.3 Å². The van der Waals surface area contributed by atoms with Crippen LogP contribution in [0.1, 0.15) is 5.56 Å². The minimum atomic E-state index is -4.58. The summed E-state index contributed by atoms with van der Waals surface area (Å²) in [5, 5.41) is 0.605. The van der Waals surface area contributed by atoms with Gasteiger partial charge in [0, 0.05) is 16.1 Å². The molecule has 0 aliphatic rings.